The molecule has 0 saturated carbocycles. The van der Waals surface area contributed by atoms with Crippen molar-refractivity contribution in [2.24, 2.45) is 5.92 Å². The van der Waals surface area contributed by atoms with E-state index < -0.39 is 0 Å². The van der Waals surface area contributed by atoms with Crippen molar-refractivity contribution in [1.29, 1.82) is 0 Å². The van der Waals surface area contributed by atoms with E-state index in [1.165, 1.54) is 24.2 Å². The lowest BCUT2D eigenvalue weighted by molar-refractivity contribution is -0.116. The van der Waals surface area contributed by atoms with Crippen LogP contribution in [0.15, 0.2) is 38.9 Å². The number of oxazole rings is 1. The molecule has 1 N–H and O–H groups in total. The molecule has 8 heteroatoms. The Morgan fingerprint density at radius 1 is 1.31 bits per heavy atom. The standard InChI is InChI=1S/C21H26N4O3S/c1-15-8-11-24(12-9-15)13-16-14-29-20(22-16)23-19(26)7-4-10-25-17-5-2-3-6-18(17)28-21(25)27/h2-3,5-6,14-15H,4,7-13H2,1H3,(H,22,23,26). The number of hydrogen-bond donors (Lipinski definition) is 1. The summed E-state index contributed by atoms with van der Waals surface area (Å²) in [6.07, 6.45) is 3.36. The number of aromatic nitrogens is 2. The van der Waals surface area contributed by atoms with Crippen LogP contribution >= 0.6 is 11.3 Å². The fourth-order valence-corrected chi connectivity index (χ4v) is 4.41. The number of fused-ring (bicyclic) bond motifs is 1. The summed E-state index contributed by atoms with van der Waals surface area (Å²) in [5.74, 6) is 0.342. The van der Waals surface area contributed by atoms with Gasteiger partial charge in [-0.2, -0.15) is 0 Å². The van der Waals surface area contributed by atoms with E-state index in [-0.39, 0.29) is 11.7 Å². The van der Waals surface area contributed by atoms with Gasteiger partial charge < -0.3 is 9.73 Å². The van der Waals surface area contributed by atoms with Crippen LogP contribution in [0.3, 0.4) is 0 Å². The first-order chi connectivity index (χ1) is 14.1. The minimum atomic E-state index is -0.386. The van der Waals surface area contributed by atoms with Crippen molar-refractivity contribution in [1.82, 2.24) is 14.5 Å². The molecule has 0 spiro atoms. The van der Waals surface area contributed by atoms with Crippen LogP contribution in [0.5, 0.6) is 0 Å². The molecule has 0 aliphatic carbocycles. The lowest BCUT2D eigenvalue weighted by Crippen LogP contribution is -2.32. The predicted octanol–water partition coefficient (Wildman–Crippen LogP) is 3.70. The number of benzene rings is 1. The van der Waals surface area contributed by atoms with Gasteiger partial charge in [-0.05, 0) is 50.4 Å². The molecule has 1 saturated heterocycles. The summed E-state index contributed by atoms with van der Waals surface area (Å²) in [5, 5.41) is 5.54. The molecule has 1 fully saturated rings. The van der Waals surface area contributed by atoms with Crippen molar-refractivity contribution in [2.45, 2.75) is 45.7 Å². The minimum Gasteiger partial charge on any atom is -0.408 e. The Labute approximate surface area is 173 Å². The topological polar surface area (TPSA) is 80.4 Å². The number of carbonyl (C=O) groups is 1. The SMILES string of the molecule is CC1CCN(Cc2csc(NC(=O)CCCn3c(=O)oc4ccccc43)n2)CC1. The highest BCUT2D eigenvalue weighted by Gasteiger charge is 2.17. The third-order valence-corrected chi connectivity index (χ3v) is 6.23. The second-order valence-corrected chi connectivity index (χ2v) is 8.60. The maximum absolute atomic E-state index is 12.3. The number of rotatable bonds is 7. The van der Waals surface area contributed by atoms with Gasteiger partial charge in [-0.15, -0.1) is 11.3 Å². The number of thiazole rings is 1. The summed E-state index contributed by atoms with van der Waals surface area (Å²) in [6.45, 7) is 5.82. The Hall–Kier alpha value is -2.45. The van der Waals surface area contributed by atoms with Gasteiger partial charge in [0, 0.05) is 24.9 Å². The average molecular weight is 415 g/mol. The molecule has 7 nitrogen and oxygen atoms in total. The molecule has 1 amide bonds. The monoisotopic (exact) mass is 414 g/mol. The number of nitrogens with one attached hydrogen (secondary N) is 1. The molecule has 0 bridgehead atoms. The van der Waals surface area contributed by atoms with Crippen LogP contribution in [-0.4, -0.2) is 33.4 Å². The second-order valence-electron chi connectivity index (χ2n) is 7.74. The number of aryl methyl sites for hydroxylation is 1. The van der Waals surface area contributed by atoms with E-state index in [1.807, 2.05) is 23.6 Å². The number of anilines is 1. The number of carbonyl (C=O) groups excluding carboxylic acids is 1. The summed E-state index contributed by atoms with van der Waals surface area (Å²) in [7, 11) is 0. The third kappa shape index (κ3) is 4.94. The summed E-state index contributed by atoms with van der Waals surface area (Å²) in [4.78, 5) is 31.2. The van der Waals surface area contributed by atoms with Crippen LogP contribution in [0.2, 0.25) is 0 Å². The molecule has 1 aliphatic heterocycles. The van der Waals surface area contributed by atoms with Gasteiger partial charge >= 0.3 is 5.76 Å². The van der Waals surface area contributed by atoms with E-state index in [1.54, 1.807) is 10.6 Å². The van der Waals surface area contributed by atoms with E-state index in [0.29, 0.717) is 30.1 Å². The maximum atomic E-state index is 12.3. The number of hydrogen-bond acceptors (Lipinski definition) is 6. The van der Waals surface area contributed by atoms with Crippen LogP contribution in [0.1, 0.15) is 38.3 Å². The van der Waals surface area contributed by atoms with E-state index in [0.717, 1.165) is 36.8 Å². The second kappa shape index (κ2) is 8.92. The zero-order valence-corrected chi connectivity index (χ0v) is 17.4. The molecule has 2 aromatic heterocycles. The van der Waals surface area contributed by atoms with Gasteiger partial charge in [0.05, 0.1) is 11.2 Å². The summed E-state index contributed by atoms with van der Waals surface area (Å²) in [5.41, 5.74) is 2.34. The van der Waals surface area contributed by atoms with Crippen LogP contribution in [0.4, 0.5) is 5.13 Å². The average Bonchev–Trinajstić information content (AvgIpc) is 3.27. The number of piperidine rings is 1. The lowest BCUT2D eigenvalue weighted by atomic mass is 9.99. The normalized spacial score (nSPS) is 15.8. The molecule has 0 unspecified atom stereocenters. The molecule has 4 rings (SSSR count). The number of nitrogens with zero attached hydrogens (tertiary/aromatic N) is 3. The summed E-state index contributed by atoms with van der Waals surface area (Å²) in [6, 6.07) is 7.31. The van der Waals surface area contributed by atoms with Gasteiger partial charge in [0.1, 0.15) is 0 Å². The smallest absolute Gasteiger partial charge is 0.408 e. The van der Waals surface area contributed by atoms with Gasteiger partial charge in [-0.3, -0.25) is 14.3 Å². The summed E-state index contributed by atoms with van der Waals surface area (Å²) >= 11 is 1.46. The van der Waals surface area contributed by atoms with E-state index in [2.05, 4.69) is 22.1 Å². The first kappa shape index (κ1) is 19.8. The zero-order chi connectivity index (χ0) is 20.2. The first-order valence-corrected chi connectivity index (χ1v) is 11.0. The Balaban J connectivity index is 1.25. The van der Waals surface area contributed by atoms with Gasteiger partial charge in [0.2, 0.25) is 5.91 Å². The van der Waals surface area contributed by atoms with Crippen LogP contribution < -0.4 is 11.1 Å². The van der Waals surface area contributed by atoms with Crippen molar-refractivity contribution < 1.29 is 9.21 Å². The Morgan fingerprint density at radius 2 is 2.10 bits per heavy atom. The highest BCUT2D eigenvalue weighted by Crippen LogP contribution is 2.21. The van der Waals surface area contributed by atoms with Crippen LogP contribution in [-0.2, 0) is 17.9 Å². The summed E-state index contributed by atoms with van der Waals surface area (Å²) < 4.78 is 6.79. The molecular formula is C21H26N4O3S. The Bertz CT molecular complexity index is 1030. The van der Waals surface area contributed by atoms with E-state index >= 15 is 0 Å². The number of likely N-dealkylation sites (tertiary alicyclic amines) is 1. The fourth-order valence-electron chi connectivity index (χ4n) is 3.69. The molecular weight excluding hydrogens is 388 g/mol. The van der Waals surface area contributed by atoms with Gasteiger partial charge in [-0.25, -0.2) is 9.78 Å². The molecule has 1 aliphatic rings. The Kier molecular flexibility index (Phi) is 6.10. The van der Waals surface area contributed by atoms with Crippen LogP contribution in [0, 0.1) is 5.92 Å². The lowest BCUT2D eigenvalue weighted by Gasteiger charge is -2.29. The largest absolute Gasteiger partial charge is 0.419 e. The molecule has 3 heterocycles. The van der Waals surface area contributed by atoms with Gasteiger partial charge in [-0.1, -0.05) is 19.1 Å². The molecule has 29 heavy (non-hydrogen) atoms. The zero-order valence-electron chi connectivity index (χ0n) is 16.6. The fraction of sp³-hybridized carbons (Fsp3) is 0.476. The van der Waals surface area contributed by atoms with Crippen molar-refractivity contribution in [2.75, 3.05) is 18.4 Å². The molecule has 3 aromatic rings. The number of para-hydroxylation sites is 2. The van der Waals surface area contributed by atoms with Gasteiger partial charge in [0.15, 0.2) is 10.7 Å². The van der Waals surface area contributed by atoms with Crippen molar-refractivity contribution in [3.05, 3.63) is 45.9 Å². The number of amides is 1. The molecule has 0 radical (unpaired) electrons. The highest BCUT2D eigenvalue weighted by atomic mass is 32.1. The molecule has 0 atom stereocenters. The molecule has 1 aromatic carbocycles. The van der Waals surface area contributed by atoms with E-state index in [4.69, 9.17) is 4.42 Å². The highest BCUT2D eigenvalue weighted by molar-refractivity contribution is 7.13. The minimum absolute atomic E-state index is 0.0847. The Morgan fingerprint density at radius 3 is 2.93 bits per heavy atom. The quantitative estimate of drug-likeness (QED) is 0.638. The maximum Gasteiger partial charge on any atom is 0.419 e. The van der Waals surface area contributed by atoms with Crippen LogP contribution in [0.25, 0.3) is 11.1 Å². The van der Waals surface area contributed by atoms with Crippen molar-refractivity contribution >= 4 is 33.5 Å². The predicted molar refractivity (Wildman–Crippen MR) is 114 cm³/mol. The van der Waals surface area contributed by atoms with Gasteiger partial charge in [0.25, 0.3) is 0 Å². The van der Waals surface area contributed by atoms with E-state index in [9.17, 15) is 9.59 Å². The van der Waals surface area contributed by atoms with Crippen molar-refractivity contribution in [3.8, 4) is 0 Å². The first-order valence-electron chi connectivity index (χ1n) is 10.1. The molecule has 154 valence electrons. The van der Waals surface area contributed by atoms with Crippen molar-refractivity contribution in [3.63, 3.8) is 0 Å². The third-order valence-electron chi connectivity index (χ3n) is 5.42.